The van der Waals surface area contributed by atoms with E-state index in [2.05, 4.69) is 15.3 Å². The first-order valence-electron chi connectivity index (χ1n) is 5.54. The van der Waals surface area contributed by atoms with Gasteiger partial charge in [-0.05, 0) is 26.7 Å². The van der Waals surface area contributed by atoms with Gasteiger partial charge < -0.3 is 10.1 Å². The van der Waals surface area contributed by atoms with Crippen molar-refractivity contribution in [1.82, 2.24) is 9.97 Å². The summed E-state index contributed by atoms with van der Waals surface area (Å²) in [6.07, 6.45) is 2.05. The molecule has 90 valence electrons. The van der Waals surface area contributed by atoms with Gasteiger partial charge in [0.2, 0.25) is 5.88 Å². The highest BCUT2D eigenvalue weighted by molar-refractivity contribution is 6.17. The van der Waals surface area contributed by atoms with Crippen molar-refractivity contribution in [2.75, 3.05) is 24.3 Å². The number of hydrogen-bond acceptors (Lipinski definition) is 4. The molecule has 0 atom stereocenters. The molecule has 0 radical (unpaired) electrons. The number of anilines is 1. The molecule has 0 aliphatic heterocycles. The zero-order valence-corrected chi connectivity index (χ0v) is 10.5. The Bertz CT molecular complexity index is 320. The number of aromatic nitrogens is 2. The van der Waals surface area contributed by atoms with Crippen LogP contribution in [-0.2, 0) is 0 Å². The maximum Gasteiger partial charge on any atom is 0.218 e. The lowest BCUT2D eigenvalue weighted by molar-refractivity contribution is 0.325. The average molecular weight is 244 g/mol. The van der Waals surface area contributed by atoms with Crippen LogP contribution in [-0.4, -0.2) is 29.0 Å². The third-order valence-electron chi connectivity index (χ3n) is 1.97. The van der Waals surface area contributed by atoms with Gasteiger partial charge in [0.05, 0.1) is 6.61 Å². The van der Waals surface area contributed by atoms with Crippen molar-refractivity contribution < 1.29 is 4.74 Å². The second-order valence-corrected chi connectivity index (χ2v) is 3.77. The van der Waals surface area contributed by atoms with E-state index >= 15 is 0 Å². The Labute approximate surface area is 101 Å². The Morgan fingerprint density at radius 2 is 2.19 bits per heavy atom. The SMILES string of the molecule is CCOc1cc(NCCCCCl)nc(C)n1. The quantitative estimate of drug-likeness (QED) is 0.591. The minimum absolute atomic E-state index is 0.613. The van der Waals surface area contributed by atoms with Crippen molar-refractivity contribution in [2.45, 2.75) is 26.7 Å². The second-order valence-electron chi connectivity index (χ2n) is 3.39. The molecule has 0 aliphatic carbocycles. The standard InChI is InChI=1S/C11H18ClN3O/c1-3-16-11-8-10(14-9(2)15-11)13-7-5-4-6-12/h8H,3-7H2,1-2H3,(H,13,14,15). The van der Waals surface area contributed by atoms with Gasteiger partial charge in [-0.3, -0.25) is 0 Å². The fourth-order valence-electron chi connectivity index (χ4n) is 1.29. The molecule has 0 amide bonds. The lowest BCUT2D eigenvalue weighted by atomic mass is 10.3. The van der Waals surface area contributed by atoms with Gasteiger partial charge in [-0.2, -0.15) is 4.98 Å². The molecule has 5 heteroatoms. The van der Waals surface area contributed by atoms with E-state index in [0.717, 1.165) is 25.2 Å². The Morgan fingerprint density at radius 3 is 2.88 bits per heavy atom. The van der Waals surface area contributed by atoms with Crippen molar-refractivity contribution in [3.63, 3.8) is 0 Å². The number of aryl methyl sites for hydroxylation is 1. The van der Waals surface area contributed by atoms with E-state index in [1.54, 1.807) is 0 Å². The fourth-order valence-corrected chi connectivity index (χ4v) is 1.48. The first kappa shape index (κ1) is 13.0. The molecule has 1 rings (SSSR count). The summed E-state index contributed by atoms with van der Waals surface area (Å²) in [6, 6.07) is 1.82. The number of nitrogens with one attached hydrogen (secondary N) is 1. The van der Waals surface area contributed by atoms with Crippen LogP contribution in [0.15, 0.2) is 6.07 Å². The van der Waals surface area contributed by atoms with Crippen molar-refractivity contribution in [3.05, 3.63) is 11.9 Å². The summed E-state index contributed by atoms with van der Waals surface area (Å²) in [6.45, 7) is 5.27. The van der Waals surface area contributed by atoms with Gasteiger partial charge in [0.15, 0.2) is 0 Å². The van der Waals surface area contributed by atoms with Crippen LogP contribution >= 0.6 is 11.6 Å². The number of hydrogen-bond donors (Lipinski definition) is 1. The molecule has 1 aromatic rings. The van der Waals surface area contributed by atoms with Crippen LogP contribution in [0.4, 0.5) is 5.82 Å². The van der Waals surface area contributed by atoms with Crippen LogP contribution in [0.3, 0.4) is 0 Å². The highest BCUT2D eigenvalue weighted by atomic mass is 35.5. The normalized spacial score (nSPS) is 10.2. The number of halogens is 1. The van der Waals surface area contributed by atoms with Gasteiger partial charge in [0.1, 0.15) is 11.6 Å². The van der Waals surface area contributed by atoms with Crippen LogP contribution < -0.4 is 10.1 Å². The largest absolute Gasteiger partial charge is 0.478 e. The number of ether oxygens (including phenoxy) is 1. The maximum atomic E-state index is 5.60. The molecule has 4 nitrogen and oxygen atoms in total. The molecule has 0 saturated carbocycles. The Hall–Kier alpha value is -1.03. The van der Waals surface area contributed by atoms with E-state index in [4.69, 9.17) is 16.3 Å². The smallest absolute Gasteiger partial charge is 0.218 e. The Morgan fingerprint density at radius 1 is 1.38 bits per heavy atom. The fraction of sp³-hybridized carbons (Fsp3) is 0.636. The maximum absolute atomic E-state index is 5.60. The predicted molar refractivity (Wildman–Crippen MR) is 66.4 cm³/mol. The first-order valence-corrected chi connectivity index (χ1v) is 6.08. The lowest BCUT2D eigenvalue weighted by Crippen LogP contribution is -2.06. The highest BCUT2D eigenvalue weighted by Gasteiger charge is 2.01. The van der Waals surface area contributed by atoms with Gasteiger partial charge in [0.25, 0.3) is 0 Å². The molecule has 0 saturated heterocycles. The van der Waals surface area contributed by atoms with E-state index < -0.39 is 0 Å². The molecule has 0 spiro atoms. The van der Waals surface area contributed by atoms with Crippen LogP contribution in [0.1, 0.15) is 25.6 Å². The third-order valence-corrected chi connectivity index (χ3v) is 2.24. The molecular formula is C11H18ClN3O. The summed E-state index contributed by atoms with van der Waals surface area (Å²) in [7, 11) is 0. The molecule has 0 aromatic carbocycles. The lowest BCUT2D eigenvalue weighted by Gasteiger charge is -2.08. The van der Waals surface area contributed by atoms with Gasteiger partial charge in [-0.25, -0.2) is 4.98 Å². The molecule has 1 N–H and O–H groups in total. The van der Waals surface area contributed by atoms with Gasteiger partial charge in [0, 0.05) is 18.5 Å². The predicted octanol–water partition coefficient (Wildman–Crippen LogP) is 2.61. The number of unbranched alkanes of at least 4 members (excludes halogenated alkanes) is 1. The first-order chi connectivity index (χ1) is 7.76. The molecule has 16 heavy (non-hydrogen) atoms. The summed E-state index contributed by atoms with van der Waals surface area (Å²) in [4.78, 5) is 8.45. The number of nitrogens with zero attached hydrogens (tertiary/aromatic N) is 2. The van der Waals surface area contributed by atoms with Crippen molar-refractivity contribution in [1.29, 1.82) is 0 Å². The van der Waals surface area contributed by atoms with Crippen LogP contribution in [0.25, 0.3) is 0 Å². The van der Waals surface area contributed by atoms with E-state index in [1.165, 1.54) is 0 Å². The molecule has 1 aromatic heterocycles. The van der Waals surface area contributed by atoms with E-state index in [9.17, 15) is 0 Å². The van der Waals surface area contributed by atoms with Crippen molar-refractivity contribution in [3.8, 4) is 5.88 Å². The van der Waals surface area contributed by atoms with Gasteiger partial charge in [-0.15, -0.1) is 11.6 Å². The zero-order chi connectivity index (χ0) is 11.8. The molecule has 1 heterocycles. The van der Waals surface area contributed by atoms with E-state index in [1.807, 2.05) is 19.9 Å². The number of rotatable bonds is 7. The van der Waals surface area contributed by atoms with Crippen LogP contribution in [0.5, 0.6) is 5.88 Å². The van der Waals surface area contributed by atoms with Gasteiger partial charge >= 0.3 is 0 Å². The molecule has 0 aliphatic rings. The minimum atomic E-state index is 0.613. The molecule has 0 bridgehead atoms. The topological polar surface area (TPSA) is 47.0 Å². The average Bonchev–Trinajstić information content (AvgIpc) is 2.24. The van der Waals surface area contributed by atoms with Gasteiger partial charge in [-0.1, -0.05) is 0 Å². The molecule has 0 unspecified atom stereocenters. The monoisotopic (exact) mass is 243 g/mol. The second kappa shape index (κ2) is 7.28. The Balaban J connectivity index is 2.51. The summed E-state index contributed by atoms with van der Waals surface area (Å²) < 4.78 is 5.34. The third kappa shape index (κ3) is 4.66. The van der Waals surface area contributed by atoms with Crippen molar-refractivity contribution >= 4 is 17.4 Å². The highest BCUT2D eigenvalue weighted by Crippen LogP contribution is 2.13. The van der Waals surface area contributed by atoms with Crippen molar-refractivity contribution in [2.24, 2.45) is 0 Å². The van der Waals surface area contributed by atoms with Crippen LogP contribution in [0, 0.1) is 6.92 Å². The summed E-state index contributed by atoms with van der Waals surface area (Å²) in [5.41, 5.74) is 0. The zero-order valence-electron chi connectivity index (χ0n) is 9.79. The van der Waals surface area contributed by atoms with E-state index in [-0.39, 0.29) is 0 Å². The van der Waals surface area contributed by atoms with E-state index in [0.29, 0.717) is 24.2 Å². The minimum Gasteiger partial charge on any atom is -0.478 e. The number of alkyl halides is 1. The molecular weight excluding hydrogens is 226 g/mol. The summed E-state index contributed by atoms with van der Waals surface area (Å²) >= 11 is 5.60. The summed E-state index contributed by atoms with van der Waals surface area (Å²) in [5.74, 6) is 2.85. The summed E-state index contributed by atoms with van der Waals surface area (Å²) in [5, 5.41) is 3.23. The van der Waals surface area contributed by atoms with Crippen LogP contribution in [0.2, 0.25) is 0 Å². The Kier molecular flexibility index (Phi) is 5.93. The molecule has 0 fully saturated rings.